The zero-order valence-electron chi connectivity index (χ0n) is 5.58. The van der Waals surface area contributed by atoms with Crippen molar-refractivity contribution in [2.75, 3.05) is 0 Å². The number of hydrogen-bond donors (Lipinski definition) is 2. The van der Waals surface area contributed by atoms with Crippen molar-refractivity contribution >= 4 is 22.6 Å². The fraction of sp³-hybridized carbons (Fsp3) is 0.429. The summed E-state index contributed by atoms with van der Waals surface area (Å²) in [5.74, 6) is 0. The molecule has 0 fully saturated rings. The van der Waals surface area contributed by atoms with Crippen LogP contribution in [0.1, 0.15) is 6.92 Å². The molecule has 1 aliphatic carbocycles. The van der Waals surface area contributed by atoms with Gasteiger partial charge in [-0.15, -0.1) is 0 Å². The van der Waals surface area contributed by atoms with Crippen LogP contribution in [0.2, 0.25) is 0 Å². The summed E-state index contributed by atoms with van der Waals surface area (Å²) in [4.78, 5) is 0. The average molecular weight is 252 g/mol. The molecule has 0 heterocycles. The maximum Gasteiger partial charge on any atom is 0.114 e. The highest BCUT2D eigenvalue weighted by molar-refractivity contribution is 14.1. The summed E-state index contributed by atoms with van der Waals surface area (Å²) in [6.45, 7) is 1.80. The summed E-state index contributed by atoms with van der Waals surface area (Å²) >= 11 is 2.01. The third-order valence-electron chi connectivity index (χ3n) is 1.55. The largest absolute Gasteiger partial charge is 0.386 e. The molecule has 3 heteroatoms. The topological polar surface area (TPSA) is 40.5 Å². The average Bonchev–Trinajstić information content (AvgIpc) is 1.93. The van der Waals surface area contributed by atoms with Gasteiger partial charge in [-0.05, 0) is 35.1 Å². The Balaban J connectivity index is 2.86. The van der Waals surface area contributed by atoms with Crippen LogP contribution >= 0.6 is 22.6 Å². The summed E-state index contributed by atoms with van der Waals surface area (Å²) in [5.41, 5.74) is 0.813. The molecule has 0 saturated heterocycles. The second-order valence-electron chi connectivity index (χ2n) is 2.35. The van der Waals surface area contributed by atoms with E-state index >= 15 is 0 Å². The fourth-order valence-electron chi connectivity index (χ4n) is 0.808. The first-order valence-electron chi connectivity index (χ1n) is 3.03. The molecule has 2 N–H and O–H groups in total. The molecule has 10 heavy (non-hydrogen) atoms. The number of allylic oxidation sites excluding steroid dienone is 2. The first kappa shape index (κ1) is 8.23. The van der Waals surface area contributed by atoms with E-state index in [0.717, 1.165) is 9.15 Å². The first-order valence-corrected chi connectivity index (χ1v) is 4.11. The lowest BCUT2D eigenvalue weighted by Gasteiger charge is -2.21. The van der Waals surface area contributed by atoms with Crippen molar-refractivity contribution in [3.8, 4) is 0 Å². The van der Waals surface area contributed by atoms with Crippen molar-refractivity contribution in [2.24, 2.45) is 0 Å². The second kappa shape index (κ2) is 3.02. The molecule has 0 radical (unpaired) electrons. The quantitative estimate of drug-likeness (QED) is 0.631. The maximum absolute atomic E-state index is 9.25. The van der Waals surface area contributed by atoms with Gasteiger partial charge in [-0.3, -0.25) is 0 Å². The molecule has 0 bridgehead atoms. The second-order valence-corrected chi connectivity index (χ2v) is 3.60. The molecule has 0 aliphatic heterocycles. The van der Waals surface area contributed by atoms with E-state index < -0.39 is 12.2 Å². The van der Waals surface area contributed by atoms with E-state index in [2.05, 4.69) is 0 Å². The van der Waals surface area contributed by atoms with Crippen LogP contribution in [0, 0.1) is 0 Å². The molecule has 1 rings (SSSR count). The Morgan fingerprint density at radius 2 is 1.90 bits per heavy atom. The van der Waals surface area contributed by atoms with Gasteiger partial charge in [0, 0.05) is 3.58 Å². The smallest absolute Gasteiger partial charge is 0.114 e. The molecule has 2 nitrogen and oxygen atoms in total. The number of aliphatic hydroxyl groups excluding tert-OH is 2. The van der Waals surface area contributed by atoms with Crippen LogP contribution in [0.3, 0.4) is 0 Å². The highest BCUT2D eigenvalue weighted by Gasteiger charge is 2.22. The van der Waals surface area contributed by atoms with Gasteiger partial charge in [0.2, 0.25) is 0 Å². The SMILES string of the molecule is CC1=CC=C(I)C(O)C1O. The van der Waals surface area contributed by atoms with E-state index in [-0.39, 0.29) is 0 Å². The Hall–Kier alpha value is 0.130. The maximum atomic E-state index is 9.25. The van der Waals surface area contributed by atoms with Crippen molar-refractivity contribution in [3.05, 3.63) is 21.3 Å². The number of aliphatic hydroxyl groups is 2. The van der Waals surface area contributed by atoms with Gasteiger partial charge >= 0.3 is 0 Å². The van der Waals surface area contributed by atoms with Gasteiger partial charge in [-0.2, -0.15) is 0 Å². The molecule has 0 saturated carbocycles. The van der Waals surface area contributed by atoms with Crippen molar-refractivity contribution in [2.45, 2.75) is 19.1 Å². The lowest BCUT2D eigenvalue weighted by atomic mass is 10.0. The van der Waals surface area contributed by atoms with Crippen LogP contribution in [0.5, 0.6) is 0 Å². The molecule has 0 amide bonds. The molecule has 0 aromatic heterocycles. The lowest BCUT2D eigenvalue weighted by molar-refractivity contribution is 0.0704. The minimum Gasteiger partial charge on any atom is -0.386 e. The van der Waals surface area contributed by atoms with E-state index in [9.17, 15) is 10.2 Å². The Kier molecular flexibility index (Phi) is 2.49. The van der Waals surface area contributed by atoms with E-state index in [1.807, 2.05) is 34.7 Å². The minimum absolute atomic E-state index is 0.711. The van der Waals surface area contributed by atoms with Crippen molar-refractivity contribution < 1.29 is 10.2 Å². The third kappa shape index (κ3) is 1.41. The summed E-state index contributed by atoms with van der Waals surface area (Å²) < 4.78 is 0.788. The number of halogens is 1. The number of rotatable bonds is 0. The fourth-order valence-corrected chi connectivity index (χ4v) is 1.33. The molecule has 0 aromatic carbocycles. The molecular formula is C7H9IO2. The summed E-state index contributed by atoms with van der Waals surface area (Å²) in [7, 11) is 0. The van der Waals surface area contributed by atoms with E-state index in [1.54, 1.807) is 6.92 Å². The van der Waals surface area contributed by atoms with Crippen LogP contribution in [0.25, 0.3) is 0 Å². The normalized spacial score (nSPS) is 33.2. The minimum atomic E-state index is -0.717. The molecule has 0 aromatic rings. The van der Waals surface area contributed by atoms with Crippen molar-refractivity contribution in [3.63, 3.8) is 0 Å². The van der Waals surface area contributed by atoms with Crippen LogP contribution in [0.4, 0.5) is 0 Å². The van der Waals surface area contributed by atoms with Gasteiger partial charge in [0.15, 0.2) is 0 Å². The summed E-state index contributed by atoms with van der Waals surface area (Å²) in [6.07, 6.45) is 2.20. The Bertz CT molecular complexity index is 174. The van der Waals surface area contributed by atoms with Crippen molar-refractivity contribution in [1.29, 1.82) is 0 Å². The first-order chi connectivity index (χ1) is 4.63. The van der Waals surface area contributed by atoms with E-state index in [4.69, 9.17) is 0 Å². The van der Waals surface area contributed by atoms with Gasteiger partial charge in [0.25, 0.3) is 0 Å². The molecule has 1 aliphatic rings. The lowest BCUT2D eigenvalue weighted by Crippen LogP contribution is -2.28. The van der Waals surface area contributed by atoms with Crippen LogP contribution < -0.4 is 0 Å². The van der Waals surface area contributed by atoms with Gasteiger partial charge in [0.1, 0.15) is 12.2 Å². The summed E-state index contributed by atoms with van der Waals surface area (Å²) in [6, 6.07) is 0. The van der Waals surface area contributed by atoms with E-state index in [1.165, 1.54) is 0 Å². The highest BCUT2D eigenvalue weighted by Crippen LogP contribution is 2.23. The standard InChI is InChI=1S/C7H9IO2/c1-4-2-3-5(8)7(10)6(4)9/h2-3,6-7,9-10H,1H3. The number of hydrogen-bond acceptors (Lipinski definition) is 2. The molecule has 56 valence electrons. The Morgan fingerprint density at radius 3 is 2.40 bits per heavy atom. The van der Waals surface area contributed by atoms with Gasteiger partial charge in [0.05, 0.1) is 0 Å². The molecule has 0 spiro atoms. The van der Waals surface area contributed by atoms with Crippen molar-refractivity contribution in [1.82, 2.24) is 0 Å². The zero-order chi connectivity index (χ0) is 7.72. The Morgan fingerprint density at radius 1 is 1.30 bits per heavy atom. The van der Waals surface area contributed by atoms with Crippen LogP contribution in [-0.4, -0.2) is 22.4 Å². The molecule has 2 atom stereocenters. The van der Waals surface area contributed by atoms with Crippen LogP contribution in [-0.2, 0) is 0 Å². The predicted octanol–water partition coefficient (Wildman–Crippen LogP) is 0.987. The molecular weight excluding hydrogens is 243 g/mol. The monoisotopic (exact) mass is 252 g/mol. The predicted molar refractivity (Wildman–Crippen MR) is 47.9 cm³/mol. The van der Waals surface area contributed by atoms with Gasteiger partial charge in [-0.25, -0.2) is 0 Å². The third-order valence-corrected chi connectivity index (χ3v) is 2.55. The molecule has 2 unspecified atom stereocenters. The highest BCUT2D eigenvalue weighted by atomic mass is 127. The van der Waals surface area contributed by atoms with Crippen LogP contribution in [0.15, 0.2) is 21.3 Å². The zero-order valence-corrected chi connectivity index (χ0v) is 7.74. The summed E-state index contributed by atoms with van der Waals surface area (Å²) in [5, 5.41) is 18.5. The van der Waals surface area contributed by atoms with Gasteiger partial charge in [-0.1, -0.05) is 12.2 Å². The van der Waals surface area contributed by atoms with E-state index in [0.29, 0.717) is 0 Å². The van der Waals surface area contributed by atoms with Gasteiger partial charge < -0.3 is 10.2 Å². The Labute approximate surface area is 73.4 Å².